The fourth-order valence-corrected chi connectivity index (χ4v) is 9.43. The van der Waals surface area contributed by atoms with E-state index in [1.807, 2.05) is 0 Å². The number of unbranched alkanes of at least 4 members (excludes halogenated alkanes) is 26. The fourth-order valence-electron chi connectivity index (χ4n) is 6.27. The Bertz CT molecular complexity index is 596. The molecule has 0 bridgehead atoms. The first-order valence-corrected chi connectivity index (χ1v) is 21.5. The summed E-state index contributed by atoms with van der Waals surface area (Å²) in [4.78, 5) is 23.0. The van der Waals surface area contributed by atoms with Gasteiger partial charge in [-0.15, -0.1) is 0 Å². The van der Waals surface area contributed by atoms with Crippen LogP contribution in [0.3, 0.4) is 0 Å². The number of hydrogen-bond donors (Lipinski definition) is 2. The van der Waals surface area contributed by atoms with Crippen LogP contribution >= 0.6 is 21.6 Å². The number of aliphatic carboxylic acids is 2. The van der Waals surface area contributed by atoms with Gasteiger partial charge in [-0.25, -0.2) is 0 Å². The molecule has 2 N–H and O–H groups in total. The van der Waals surface area contributed by atoms with E-state index in [0.29, 0.717) is 5.75 Å². The standard InChI is InChI=1S/C38H74O4S2/c1-3-5-7-9-11-13-15-17-19-21-23-25-27-29-32-38(35-37(41)42,44-43-34-31-36(39)40)33-30-28-26-24-22-20-18-16-14-12-10-8-6-4-2/h3-35H2,1-2H3,(H,39,40)(H,41,42). The third-order valence-corrected chi connectivity index (χ3v) is 12.4. The average Bonchev–Trinajstić information content (AvgIpc) is 2.99. The Morgan fingerprint density at radius 1 is 0.455 bits per heavy atom. The molecule has 0 fully saturated rings. The largest absolute Gasteiger partial charge is 0.481 e. The Hall–Kier alpha value is -0.360. The third kappa shape index (κ3) is 31.6. The van der Waals surface area contributed by atoms with Crippen molar-refractivity contribution in [1.82, 2.24) is 0 Å². The van der Waals surface area contributed by atoms with Crippen LogP contribution in [0.4, 0.5) is 0 Å². The van der Waals surface area contributed by atoms with Gasteiger partial charge in [0.05, 0.1) is 12.8 Å². The summed E-state index contributed by atoms with van der Waals surface area (Å²) in [7, 11) is 3.26. The molecule has 0 aromatic heterocycles. The van der Waals surface area contributed by atoms with Gasteiger partial charge >= 0.3 is 11.9 Å². The van der Waals surface area contributed by atoms with E-state index in [9.17, 15) is 14.7 Å². The van der Waals surface area contributed by atoms with Crippen LogP contribution in [0.2, 0.25) is 0 Å². The zero-order valence-electron chi connectivity index (χ0n) is 29.4. The van der Waals surface area contributed by atoms with E-state index in [4.69, 9.17) is 5.11 Å². The van der Waals surface area contributed by atoms with Crippen molar-refractivity contribution in [3.63, 3.8) is 0 Å². The van der Waals surface area contributed by atoms with E-state index in [0.717, 1.165) is 25.7 Å². The lowest BCUT2D eigenvalue weighted by molar-refractivity contribution is -0.138. The number of carboxylic acid groups (broad SMARTS) is 2. The van der Waals surface area contributed by atoms with Gasteiger partial charge in [0.1, 0.15) is 0 Å². The Balaban J connectivity index is 4.27. The first-order valence-electron chi connectivity index (χ1n) is 19.2. The highest BCUT2D eigenvalue weighted by atomic mass is 33.1. The van der Waals surface area contributed by atoms with Gasteiger partial charge in [-0.2, -0.15) is 0 Å². The molecule has 0 unspecified atom stereocenters. The predicted molar refractivity (Wildman–Crippen MR) is 197 cm³/mol. The topological polar surface area (TPSA) is 74.6 Å². The van der Waals surface area contributed by atoms with Crippen molar-refractivity contribution in [1.29, 1.82) is 0 Å². The Morgan fingerprint density at radius 2 is 0.750 bits per heavy atom. The molecule has 0 aliphatic carbocycles. The van der Waals surface area contributed by atoms with E-state index in [-0.39, 0.29) is 17.6 Å². The van der Waals surface area contributed by atoms with Crippen LogP contribution < -0.4 is 0 Å². The molecule has 0 radical (unpaired) electrons. The maximum absolute atomic E-state index is 11.9. The first-order chi connectivity index (χ1) is 21.5. The third-order valence-electron chi connectivity index (χ3n) is 9.08. The van der Waals surface area contributed by atoms with Gasteiger partial charge in [-0.3, -0.25) is 9.59 Å². The van der Waals surface area contributed by atoms with Gasteiger partial charge in [0.2, 0.25) is 0 Å². The summed E-state index contributed by atoms with van der Waals surface area (Å²) in [6.45, 7) is 4.55. The normalized spacial score (nSPS) is 11.8. The second-order valence-corrected chi connectivity index (χ2v) is 16.4. The minimum Gasteiger partial charge on any atom is -0.481 e. The molecule has 0 heterocycles. The van der Waals surface area contributed by atoms with Crippen LogP contribution in [-0.4, -0.2) is 32.7 Å². The summed E-state index contributed by atoms with van der Waals surface area (Å²) in [5.74, 6) is -0.952. The van der Waals surface area contributed by atoms with Crippen molar-refractivity contribution in [3.05, 3.63) is 0 Å². The molecule has 0 rings (SSSR count). The van der Waals surface area contributed by atoms with Crippen LogP contribution in [0, 0.1) is 0 Å². The van der Waals surface area contributed by atoms with Gasteiger partial charge in [-0.05, 0) is 12.8 Å². The van der Waals surface area contributed by atoms with Crippen molar-refractivity contribution >= 4 is 33.5 Å². The highest BCUT2D eigenvalue weighted by Gasteiger charge is 2.33. The SMILES string of the molecule is CCCCCCCCCCCCCCCCC(CCCCCCCCCCCCCCCC)(CC(=O)O)SSCCC(=O)O. The van der Waals surface area contributed by atoms with Crippen LogP contribution in [0.5, 0.6) is 0 Å². The number of rotatable bonds is 37. The number of carbonyl (C=O) groups is 2. The van der Waals surface area contributed by atoms with Crippen LogP contribution in [-0.2, 0) is 9.59 Å². The van der Waals surface area contributed by atoms with Gasteiger partial charge in [0.15, 0.2) is 0 Å². The number of carboxylic acids is 2. The molecule has 44 heavy (non-hydrogen) atoms. The molecule has 0 aliphatic heterocycles. The maximum atomic E-state index is 11.9. The van der Waals surface area contributed by atoms with E-state index in [1.54, 1.807) is 21.6 Å². The van der Waals surface area contributed by atoms with E-state index >= 15 is 0 Å². The Kier molecular flexibility index (Phi) is 33.7. The lowest BCUT2D eigenvalue weighted by atomic mass is 9.90. The summed E-state index contributed by atoms with van der Waals surface area (Å²) in [5.41, 5.74) is 0. The number of hydrogen-bond acceptors (Lipinski definition) is 4. The average molecular weight is 659 g/mol. The Labute approximate surface area is 282 Å². The van der Waals surface area contributed by atoms with E-state index in [1.165, 1.54) is 167 Å². The molecule has 0 aliphatic rings. The summed E-state index contributed by atoms with van der Waals surface area (Å²) in [6, 6.07) is 0. The molecule has 0 spiro atoms. The van der Waals surface area contributed by atoms with Crippen LogP contribution in [0.25, 0.3) is 0 Å². The van der Waals surface area contributed by atoms with Crippen molar-refractivity contribution in [3.8, 4) is 0 Å². The minimum atomic E-state index is -0.777. The molecule has 0 saturated carbocycles. The summed E-state index contributed by atoms with van der Waals surface area (Å²) >= 11 is 0. The first kappa shape index (κ1) is 43.6. The van der Waals surface area contributed by atoms with Gasteiger partial charge < -0.3 is 10.2 Å². The molecule has 262 valence electrons. The van der Waals surface area contributed by atoms with Gasteiger partial charge in [0, 0.05) is 10.5 Å². The molecule has 6 heteroatoms. The summed E-state index contributed by atoms with van der Waals surface area (Å²) in [5, 5.41) is 18.9. The fraction of sp³-hybridized carbons (Fsp3) is 0.947. The molecule has 0 aromatic rings. The van der Waals surface area contributed by atoms with E-state index < -0.39 is 11.9 Å². The quantitative estimate of drug-likeness (QED) is 0.0511. The monoisotopic (exact) mass is 659 g/mol. The van der Waals surface area contributed by atoms with Crippen molar-refractivity contribution in [2.75, 3.05) is 5.75 Å². The molecule has 0 atom stereocenters. The van der Waals surface area contributed by atoms with Crippen molar-refractivity contribution in [2.45, 2.75) is 224 Å². The zero-order valence-corrected chi connectivity index (χ0v) is 31.0. The molecule has 0 amide bonds. The molecule has 0 aromatic carbocycles. The smallest absolute Gasteiger partial charge is 0.304 e. The highest BCUT2D eigenvalue weighted by molar-refractivity contribution is 8.77. The van der Waals surface area contributed by atoms with Gasteiger partial charge in [0.25, 0.3) is 0 Å². The zero-order chi connectivity index (χ0) is 32.4. The second-order valence-electron chi connectivity index (χ2n) is 13.5. The molecular weight excluding hydrogens is 585 g/mol. The lowest BCUT2D eigenvalue weighted by Gasteiger charge is -2.31. The van der Waals surface area contributed by atoms with Crippen molar-refractivity contribution in [2.24, 2.45) is 0 Å². The molecule has 0 saturated heterocycles. The minimum absolute atomic E-state index is 0.137. The predicted octanol–water partition coefficient (Wildman–Crippen LogP) is 13.8. The van der Waals surface area contributed by atoms with Crippen LogP contribution in [0.1, 0.15) is 219 Å². The summed E-state index contributed by atoms with van der Waals surface area (Å²) in [6.07, 6.45) is 39.3. The second kappa shape index (κ2) is 34.0. The Morgan fingerprint density at radius 3 is 1.02 bits per heavy atom. The highest BCUT2D eigenvalue weighted by Crippen LogP contribution is 2.46. The van der Waals surface area contributed by atoms with Crippen LogP contribution in [0.15, 0.2) is 0 Å². The van der Waals surface area contributed by atoms with Gasteiger partial charge in [-0.1, -0.05) is 215 Å². The lowest BCUT2D eigenvalue weighted by Crippen LogP contribution is -2.28. The molecular formula is C38H74O4S2. The van der Waals surface area contributed by atoms with Crippen molar-refractivity contribution < 1.29 is 19.8 Å². The van der Waals surface area contributed by atoms with E-state index in [2.05, 4.69) is 13.8 Å². The molecule has 4 nitrogen and oxygen atoms in total. The summed E-state index contributed by atoms with van der Waals surface area (Å²) < 4.78 is -0.275. The maximum Gasteiger partial charge on any atom is 0.304 e.